The molecule has 24 heavy (non-hydrogen) atoms. The van der Waals surface area contributed by atoms with Crippen LogP contribution < -0.4 is 10.1 Å². The van der Waals surface area contributed by atoms with Crippen molar-refractivity contribution < 1.29 is 14.9 Å². The minimum absolute atomic E-state index is 0.0161. The summed E-state index contributed by atoms with van der Waals surface area (Å²) in [6, 6.07) is 15.0. The van der Waals surface area contributed by atoms with E-state index in [9.17, 15) is 10.2 Å². The molecule has 2 aromatic carbocycles. The molecule has 3 N–H and O–H groups in total. The lowest BCUT2D eigenvalue weighted by Crippen LogP contribution is -2.46. The Balaban J connectivity index is 1.69. The van der Waals surface area contributed by atoms with Gasteiger partial charge in [-0.05, 0) is 17.7 Å². The van der Waals surface area contributed by atoms with Gasteiger partial charge in [0, 0.05) is 37.8 Å². The van der Waals surface area contributed by atoms with Crippen molar-refractivity contribution in [1.82, 2.24) is 10.2 Å². The lowest BCUT2D eigenvalue weighted by atomic mass is 10.0. The van der Waals surface area contributed by atoms with Crippen molar-refractivity contribution in [3.8, 4) is 11.5 Å². The molecule has 1 fully saturated rings. The Morgan fingerprint density at radius 1 is 1.08 bits per heavy atom. The number of benzene rings is 2. The van der Waals surface area contributed by atoms with Gasteiger partial charge in [0.1, 0.15) is 18.1 Å². The van der Waals surface area contributed by atoms with Gasteiger partial charge in [-0.25, -0.2) is 0 Å². The van der Waals surface area contributed by atoms with Crippen LogP contribution in [-0.2, 0) is 6.61 Å². The summed E-state index contributed by atoms with van der Waals surface area (Å²) in [6.07, 6.45) is 0. The molecule has 0 aromatic heterocycles. The normalized spacial score (nSPS) is 16.7. The number of aliphatic hydroxyl groups excluding tert-OH is 1. The number of phenols is 1. The molecule has 1 aliphatic rings. The summed E-state index contributed by atoms with van der Waals surface area (Å²) in [4.78, 5) is 2.19. The fraction of sp³-hybridized carbons (Fsp3) is 0.368. The van der Waals surface area contributed by atoms with Crippen LogP contribution in [0.1, 0.15) is 17.2 Å². The van der Waals surface area contributed by atoms with Gasteiger partial charge >= 0.3 is 0 Å². The van der Waals surface area contributed by atoms with Crippen LogP contribution in [-0.4, -0.2) is 47.9 Å². The fourth-order valence-electron chi connectivity index (χ4n) is 3.04. The molecule has 0 saturated carbocycles. The van der Waals surface area contributed by atoms with Crippen LogP contribution in [0.25, 0.3) is 0 Å². The predicted molar refractivity (Wildman–Crippen MR) is 93.2 cm³/mol. The number of nitrogens with one attached hydrogen (secondary N) is 1. The van der Waals surface area contributed by atoms with E-state index in [-0.39, 0.29) is 18.4 Å². The molecule has 5 heteroatoms. The molecule has 0 aliphatic carbocycles. The molecule has 3 rings (SSSR count). The first-order valence-corrected chi connectivity index (χ1v) is 8.33. The summed E-state index contributed by atoms with van der Waals surface area (Å²) >= 11 is 0. The van der Waals surface area contributed by atoms with Crippen LogP contribution in [0, 0.1) is 0 Å². The first kappa shape index (κ1) is 16.8. The van der Waals surface area contributed by atoms with Gasteiger partial charge in [-0.3, -0.25) is 4.90 Å². The molecular formula is C19H24N2O3. The number of rotatable bonds is 6. The highest BCUT2D eigenvalue weighted by molar-refractivity contribution is 5.41. The van der Waals surface area contributed by atoms with Crippen LogP contribution in [0.4, 0.5) is 0 Å². The van der Waals surface area contributed by atoms with Crippen LogP contribution in [0.3, 0.4) is 0 Å². The number of aliphatic hydroxyl groups is 1. The van der Waals surface area contributed by atoms with E-state index in [1.54, 1.807) is 6.07 Å². The van der Waals surface area contributed by atoms with Gasteiger partial charge in [-0.2, -0.15) is 0 Å². The van der Waals surface area contributed by atoms with Gasteiger partial charge in [-0.1, -0.05) is 30.3 Å². The molecule has 0 bridgehead atoms. The van der Waals surface area contributed by atoms with Crippen LogP contribution in [0.5, 0.6) is 11.5 Å². The van der Waals surface area contributed by atoms with E-state index < -0.39 is 0 Å². The zero-order chi connectivity index (χ0) is 16.8. The molecule has 2 aromatic rings. The minimum Gasteiger partial charge on any atom is -0.507 e. The zero-order valence-electron chi connectivity index (χ0n) is 13.7. The average molecular weight is 328 g/mol. The molecule has 0 spiro atoms. The maximum absolute atomic E-state index is 10.4. The van der Waals surface area contributed by atoms with Crippen LogP contribution >= 0.6 is 0 Å². The molecule has 1 heterocycles. The van der Waals surface area contributed by atoms with Crippen LogP contribution in [0.15, 0.2) is 48.5 Å². The van der Waals surface area contributed by atoms with Gasteiger partial charge in [-0.15, -0.1) is 0 Å². The van der Waals surface area contributed by atoms with Gasteiger partial charge in [0.25, 0.3) is 0 Å². The molecule has 128 valence electrons. The van der Waals surface area contributed by atoms with Crippen molar-refractivity contribution in [1.29, 1.82) is 0 Å². The van der Waals surface area contributed by atoms with E-state index in [1.165, 1.54) is 0 Å². The molecule has 0 unspecified atom stereocenters. The Labute approximate surface area is 142 Å². The number of nitrogens with zero attached hydrogens (tertiary/aromatic N) is 1. The summed E-state index contributed by atoms with van der Waals surface area (Å²) in [5.74, 6) is 0.787. The maximum Gasteiger partial charge on any atom is 0.124 e. The smallest absolute Gasteiger partial charge is 0.124 e. The molecule has 1 aliphatic heterocycles. The SMILES string of the molecule is OC[C@H](c1ccc(OCc2ccccc2)cc1O)N1CCNCC1. The first-order valence-electron chi connectivity index (χ1n) is 8.33. The summed E-state index contributed by atoms with van der Waals surface area (Å²) in [5, 5.41) is 23.5. The van der Waals surface area contributed by atoms with Gasteiger partial charge in [0.05, 0.1) is 12.6 Å². The van der Waals surface area contributed by atoms with Crippen molar-refractivity contribution in [3.05, 3.63) is 59.7 Å². The van der Waals surface area contributed by atoms with Crippen molar-refractivity contribution >= 4 is 0 Å². The standard InChI is InChI=1S/C19H24N2O3/c22-13-18(21-10-8-20-9-11-21)17-7-6-16(12-19(17)23)24-14-15-4-2-1-3-5-15/h1-7,12,18,20,22-23H,8-11,13-14H2/t18-/m1/s1. The second kappa shape index (κ2) is 8.15. The van der Waals surface area contributed by atoms with E-state index in [2.05, 4.69) is 10.2 Å². The monoisotopic (exact) mass is 328 g/mol. The van der Waals surface area contributed by atoms with Crippen molar-refractivity contribution in [2.24, 2.45) is 0 Å². The fourth-order valence-corrected chi connectivity index (χ4v) is 3.04. The Morgan fingerprint density at radius 3 is 2.50 bits per heavy atom. The average Bonchev–Trinajstić information content (AvgIpc) is 2.64. The number of phenolic OH excluding ortho intramolecular Hbond substituents is 1. The summed E-state index contributed by atoms with van der Waals surface area (Å²) in [7, 11) is 0. The number of piperazine rings is 1. The van der Waals surface area contributed by atoms with E-state index in [0.717, 1.165) is 37.3 Å². The van der Waals surface area contributed by atoms with Crippen molar-refractivity contribution in [3.63, 3.8) is 0 Å². The Hall–Kier alpha value is -2.08. The quantitative estimate of drug-likeness (QED) is 0.756. The Bertz CT molecular complexity index is 642. The molecule has 1 atom stereocenters. The van der Waals surface area contributed by atoms with Crippen molar-refractivity contribution in [2.45, 2.75) is 12.6 Å². The summed E-state index contributed by atoms with van der Waals surface area (Å²) in [6.45, 7) is 3.96. The first-order chi connectivity index (χ1) is 11.8. The third-order valence-corrected chi connectivity index (χ3v) is 4.37. The number of aromatic hydroxyl groups is 1. The van der Waals surface area contributed by atoms with Gasteiger partial charge in [0.2, 0.25) is 0 Å². The molecular weight excluding hydrogens is 304 g/mol. The highest BCUT2D eigenvalue weighted by atomic mass is 16.5. The Kier molecular flexibility index (Phi) is 5.69. The molecule has 1 saturated heterocycles. The second-order valence-electron chi connectivity index (χ2n) is 5.98. The van der Waals surface area contributed by atoms with E-state index >= 15 is 0 Å². The third-order valence-electron chi connectivity index (χ3n) is 4.37. The minimum atomic E-state index is -0.185. The van der Waals surface area contributed by atoms with Crippen LogP contribution in [0.2, 0.25) is 0 Å². The summed E-state index contributed by atoms with van der Waals surface area (Å²) < 4.78 is 5.74. The topological polar surface area (TPSA) is 65.0 Å². The molecule has 0 radical (unpaired) electrons. The lowest BCUT2D eigenvalue weighted by molar-refractivity contribution is 0.109. The maximum atomic E-state index is 10.4. The number of ether oxygens (including phenoxy) is 1. The zero-order valence-corrected chi connectivity index (χ0v) is 13.7. The predicted octanol–water partition coefficient (Wildman–Crippen LogP) is 1.91. The van der Waals surface area contributed by atoms with Gasteiger partial charge in [0.15, 0.2) is 0 Å². The van der Waals surface area contributed by atoms with E-state index in [4.69, 9.17) is 4.74 Å². The Morgan fingerprint density at radius 2 is 1.83 bits per heavy atom. The largest absolute Gasteiger partial charge is 0.507 e. The summed E-state index contributed by atoms with van der Waals surface area (Å²) in [5.41, 5.74) is 1.82. The second-order valence-corrected chi connectivity index (χ2v) is 5.98. The van der Waals surface area contributed by atoms with Crippen molar-refractivity contribution in [2.75, 3.05) is 32.8 Å². The van der Waals surface area contributed by atoms with E-state index in [0.29, 0.717) is 12.4 Å². The number of hydrogen-bond donors (Lipinski definition) is 3. The molecule has 5 nitrogen and oxygen atoms in total. The lowest BCUT2D eigenvalue weighted by Gasteiger charge is -2.34. The third kappa shape index (κ3) is 4.06. The van der Waals surface area contributed by atoms with E-state index in [1.807, 2.05) is 42.5 Å². The van der Waals surface area contributed by atoms with Gasteiger partial charge < -0.3 is 20.3 Å². The molecule has 0 amide bonds. The highest BCUT2D eigenvalue weighted by Gasteiger charge is 2.24. The number of hydrogen-bond acceptors (Lipinski definition) is 5. The highest BCUT2D eigenvalue weighted by Crippen LogP contribution is 2.32.